The highest BCUT2D eigenvalue weighted by Crippen LogP contribution is 2.20. The van der Waals surface area contributed by atoms with Crippen LogP contribution >= 0.6 is 0 Å². The first-order valence-corrected chi connectivity index (χ1v) is 7.49. The molecule has 0 amide bonds. The van der Waals surface area contributed by atoms with Crippen molar-refractivity contribution in [1.29, 1.82) is 0 Å². The third-order valence-electron chi connectivity index (χ3n) is 3.19. The van der Waals surface area contributed by atoms with Crippen LogP contribution in [-0.4, -0.2) is 44.9 Å². The van der Waals surface area contributed by atoms with E-state index in [1.54, 1.807) is 7.05 Å². The summed E-state index contributed by atoms with van der Waals surface area (Å²) in [6, 6.07) is 0.501. The van der Waals surface area contributed by atoms with Crippen LogP contribution in [0.5, 0.6) is 0 Å². The van der Waals surface area contributed by atoms with Crippen molar-refractivity contribution < 1.29 is 8.42 Å². The molecule has 94 valence electrons. The first-order chi connectivity index (χ1) is 7.58. The van der Waals surface area contributed by atoms with Crippen LogP contribution in [-0.2, 0) is 10.2 Å². The standard InChI is InChI=1S/C10H21N3O2S/c1-13(8-10-4-2-3-7-11-10)16(14,15)12-9-5-6-9/h9-12H,2-8H2,1H3. The maximum atomic E-state index is 11.8. The topological polar surface area (TPSA) is 61.4 Å². The number of piperidine rings is 1. The van der Waals surface area contributed by atoms with E-state index in [0.717, 1.165) is 25.8 Å². The van der Waals surface area contributed by atoms with E-state index in [4.69, 9.17) is 0 Å². The number of hydrogen-bond donors (Lipinski definition) is 2. The quantitative estimate of drug-likeness (QED) is 0.722. The fourth-order valence-corrected chi connectivity index (χ4v) is 3.20. The van der Waals surface area contributed by atoms with Gasteiger partial charge in [-0.2, -0.15) is 17.4 Å². The summed E-state index contributed by atoms with van der Waals surface area (Å²) in [7, 11) is -1.60. The highest BCUT2D eigenvalue weighted by molar-refractivity contribution is 7.87. The Morgan fingerprint density at radius 3 is 2.62 bits per heavy atom. The Balaban J connectivity index is 1.82. The summed E-state index contributed by atoms with van der Waals surface area (Å²) in [5.74, 6) is 0. The third-order valence-corrected chi connectivity index (χ3v) is 4.79. The van der Waals surface area contributed by atoms with E-state index < -0.39 is 10.2 Å². The van der Waals surface area contributed by atoms with Gasteiger partial charge >= 0.3 is 0 Å². The highest BCUT2D eigenvalue weighted by Gasteiger charge is 2.30. The average molecular weight is 247 g/mol. The van der Waals surface area contributed by atoms with Crippen molar-refractivity contribution in [3.63, 3.8) is 0 Å². The lowest BCUT2D eigenvalue weighted by molar-refractivity contribution is 0.335. The Morgan fingerprint density at radius 2 is 2.06 bits per heavy atom. The van der Waals surface area contributed by atoms with Gasteiger partial charge in [0.2, 0.25) is 0 Å². The maximum Gasteiger partial charge on any atom is 0.279 e. The van der Waals surface area contributed by atoms with Gasteiger partial charge in [0.15, 0.2) is 0 Å². The fraction of sp³-hybridized carbons (Fsp3) is 1.00. The minimum absolute atomic E-state index is 0.187. The molecule has 0 aromatic rings. The molecule has 5 nitrogen and oxygen atoms in total. The lowest BCUT2D eigenvalue weighted by Gasteiger charge is -2.27. The van der Waals surface area contributed by atoms with Gasteiger partial charge in [0.25, 0.3) is 10.2 Å². The van der Waals surface area contributed by atoms with E-state index in [-0.39, 0.29) is 6.04 Å². The zero-order chi connectivity index (χ0) is 11.6. The number of likely N-dealkylation sites (N-methyl/N-ethyl adjacent to an activating group) is 1. The molecule has 1 aliphatic carbocycles. The van der Waals surface area contributed by atoms with Gasteiger partial charge in [0, 0.05) is 25.7 Å². The maximum absolute atomic E-state index is 11.8. The largest absolute Gasteiger partial charge is 0.313 e. The summed E-state index contributed by atoms with van der Waals surface area (Å²) >= 11 is 0. The second-order valence-corrected chi connectivity index (χ2v) is 6.63. The fourth-order valence-electron chi connectivity index (χ4n) is 1.99. The van der Waals surface area contributed by atoms with Crippen LogP contribution in [0.15, 0.2) is 0 Å². The van der Waals surface area contributed by atoms with Crippen molar-refractivity contribution >= 4 is 10.2 Å². The van der Waals surface area contributed by atoms with Gasteiger partial charge < -0.3 is 5.32 Å². The van der Waals surface area contributed by atoms with E-state index in [0.29, 0.717) is 12.6 Å². The summed E-state index contributed by atoms with van der Waals surface area (Å²) in [4.78, 5) is 0. The average Bonchev–Trinajstić information content (AvgIpc) is 3.02. The zero-order valence-electron chi connectivity index (χ0n) is 9.78. The second-order valence-electron chi connectivity index (χ2n) is 4.82. The molecule has 0 radical (unpaired) electrons. The van der Waals surface area contributed by atoms with Gasteiger partial charge in [-0.3, -0.25) is 0 Å². The zero-order valence-corrected chi connectivity index (χ0v) is 10.6. The Morgan fingerprint density at radius 1 is 1.31 bits per heavy atom. The van der Waals surface area contributed by atoms with Gasteiger partial charge in [0.1, 0.15) is 0 Å². The minimum Gasteiger partial charge on any atom is -0.313 e. The Labute approximate surface area is 97.8 Å². The molecular formula is C10H21N3O2S. The van der Waals surface area contributed by atoms with Gasteiger partial charge in [0.05, 0.1) is 0 Å². The van der Waals surface area contributed by atoms with Crippen molar-refractivity contribution in [3.8, 4) is 0 Å². The molecule has 2 fully saturated rings. The SMILES string of the molecule is CN(CC1CCCCN1)S(=O)(=O)NC1CC1. The van der Waals surface area contributed by atoms with E-state index in [9.17, 15) is 8.42 Å². The smallest absolute Gasteiger partial charge is 0.279 e. The van der Waals surface area contributed by atoms with Crippen molar-refractivity contribution in [2.24, 2.45) is 0 Å². The van der Waals surface area contributed by atoms with Crippen LogP contribution in [0.25, 0.3) is 0 Å². The molecule has 1 heterocycles. The molecule has 2 N–H and O–H groups in total. The molecule has 0 spiro atoms. The molecule has 6 heteroatoms. The number of nitrogens with one attached hydrogen (secondary N) is 2. The van der Waals surface area contributed by atoms with Gasteiger partial charge in [-0.05, 0) is 32.2 Å². The molecule has 1 atom stereocenters. The van der Waals surface area contributed by atoms with Gasteiger partial charge in [-0.1, -0.05) is 6.42 Å². The van der Waals surface area contributed by atoms with E-state index in [1.807, 2.05) is 0 Å². The van der Waals surface area contributed by atoms with Crippen LogP contribution < -0.4 is 10.0 Å². The molecule has 16 heavy (non-hydrogen) atoms. The molecule has 1 aliphatic heterocycles. The molecule has 0 aromatic heterocycles. The summed E-state index contributed by atoms with van der Waals surface area (Å²) in [6.45, 7) is 1.58. The van der Waals surface area contributed by atoms with Crippen LogP contribution in [0.2, 0.25) is 0 Å². The molecule has 1 unspecified atom stereocenters. The third kappa shape index (κ3) is 3.41. The predicted molar refractivity (Wildman–Crippen MR) is 63.3 cm³/mol. The van der Waals surface area contributed by atoms with Gasteiger partial charge in [-0.15, -0.1) is 0 Å². The van der Waals surface area contributed by atoms with Crippen molar-refractivity contribution in [3.05, 3.63) is 0 Å². The number of rotatable bonds is 5. The second kappa shape index (κ2) is 5.00. The van der Waals surface area contributed by atoms with Crippen LogP contribution in [0.4, 0.5) is 0 Å². The van der Waals surface area contributed by atoms with E-state index in [1.165, 1.54) is 17.1 Å². The van der Waals surface area contributed by atoms with Crippen LogP contribution in [0.1, 0.15) is 32.1 Å². The first-order valence-electron chi connectivity index (χ1n) is 6.05. The molecule has 0 bridgehead atoms. The van der Waals surface area contributed by atoms with E-state index >= 15 is 0 Å². The van der Waals surface area contributed by atoms with Crippen LogP contribution in [0, 0.1) is 0 Å². The van der Waals surface area contributed by atoms with E-state index in [2.05, 4.69) is 10.0 Å². The van der Waals surface area contributed by atoms with Crippen LogP contribution in [0.3, 0.4) is 0 Å². The van der Waals surface area contributed by atoms with Crippen molar-refractivity contribution in [1.82, 2.24) is 14.3 Å². The Hall–Kier alpha value is -0.170. The Bertz CT molecular complexity index is 321. The molecular weight excluding hydrogens is 226 g/mol. The molecule has 2 rings (SSSR count). The highest BCUT2D eigenvalue weighted by atomic mass is 32.2. The van der Waals surface area contributed by atoms with Gasteiger partial charge in [-0.25, -0.2) is 0 Å². The normalized spacial score (nSPS) is 27.2. The minimum atomic E-state index is -3.25. The lowest BCUT2D eigenvalue weighted by atomic mass is 10.1. The molecule has 1 saturated heterocycles. The predicted octanol–water partition coefficient (Wildman–Crippen LogP) is 0.0571. The van der Waals surface area contributed by atoms with Crippen molar-refractivity contribution in [2.45, 2.75) is 44.2 Å². The Kier molecular flexibility index (Phi) is 3.84. The monoisotopic (exact) mass is 247 g/mol. The summed E-state index contributed by atoms with van der Waals surface area (Å²) in [5, 5.41) is 3.36. The van der Waals surface area contributed by atoms with Crippen molar-refractivity contribution in [2.75, 3.05) is 20.1 Å². The lowest BCUT2D eigenvalue weighted by Crippen LogP contribution is -2.47. The summed E-state index contributed by atoms with van der Waals surface area (Å²) in [5.41, 5.74) is 0. The first kappa shape index (κ1) is 12.3. The summed E-state index contributed by atoms with van der Waals surface area (Å²) < 4.78 is 27.8. The number of hydrogen-bond acceptors (Lipinski definition) is 3. The number of nitrogens with zero attached hydrogens (tertiary/aromatic N) is 1. The molecule has 2 aliphatic rings. The summed E-state index contributed by atoms with van der Waals surface area (Å²) in [6.07, 6.45) is 5.43. The molecule has 0 aromatic carbocycles. The molecule has 1 saturated carbocycles.